The monoisotopic (exact) mass is 269 g/mol. The molecule has 0 aromatic carbocycles. The minimum Gasteiger partial charge on any atom is -0.380 e. The zero-order valence-electron chi connectivity index (χ0n) is 12.0. The number of nitrogens with two attached hydrogens (primary N) is 1. The summed E-state index contributed by atoms with van der Waals surface area (Å²) < 4.78 is 5.22. The van der Waals surface area contributed by atoms with Crippen molar-refractivity contribution in [3.05, 3.63) is 0 Å². The quantitative estimate of drug-likeness (QED) is 0.760. The molecule has 2 N–H and O–H groups in total. The number of hydrogen-bond acceptors (Lipinski definition) is 4. The summed E-state index contributed by atoms with van der Waals surface area (Å²) in [6.07, 6.45) is 5.16. The molecule has 0 radical (unpaired) electrons. The summed E-state index contributed by atoms with van der Waals surface area (Å²) in [6, 6.07) is 0.404. The van der Waals surface area contributed by atoms with Crippen LogP contribution in [0.1, 0.15) is 32.1 Å². The average molecular weight is 269 g/mol. The third-order valence-electron chi connectivity index (χ3n) is 4.36. The van der Waals surface area contributed by atoms with E-state index in [2.05, 4.69) is 9.80 Å². The molecule has 0 saturated carbocycles. The van der Waals surface area contributed by atoms with Crippen LogP contribution < -0.4 is 5.73 Å². The minimum absolute atomic E-state index is 0.138. The van der Waals surface area contributed by atoms with Gasteiger partial charge in [0.2, 0.25) is 5.91 Å². The van der Waals surface area contributed by atoms with Gasteiger partial charge in [0.05, 0.1) is 12.5 Å². The highest BCUT2D eigenvalue weighted by Gasteiger charge is 2.31. The lowest BCUT2D eigenvalue weighted by Gasteiger charge is -2.29. The maximum absolute atomic E-state index is 12.3. The molecule has 5 nitrogen and oxygen atoms in total. The van der Waals surface area contributed by atoms with Crippen LogP contribution in [0.2, 0.25) is 0 Å². The van der Waals surface area contributed by atoms with E-state index >= 15 is 0 Å². The second kappa shape index (κ2) is 7.22. The Bertz CT molecular complexity index is 288. The molecule has 110 valence electrons. The van der Waals surface area contributed by atoms with Gasteiger partial charge < -0.3 is 20.3 Å². The summed E-state index contributed by atoms with van der Waals surface area (Å²) in [5.41, 5.74) is 5.59. The summed E-state index contributed by atoms with van der Waals surface area (Å²) in [5, 5.41) is 0. The highest BCUT2D eigenvalue weighted by molar-refractivity contribution is 5.77. The van der Waals surface area contributed by atoms with Crippen molar-refractivity contribution in [1.82, 2.24) is 9.80 Å². The van der Waals surface area contributed by atoms with Crippen LogP contribution in [0, 0.1) is 0 Å². The van der Waals surface area contributed by atoms with Crippen molar-refractivity contribution in [2.24, 2.45) is 5.73 Å². The molecule has 0 aliphatic carbocycles. The molecular weight excluding hydrogens is 242 g/mol. The summed E-state index contributed by atoms with van der Waals surface area (Å²) in [6.45, 7) is 4.75. The van der Waals surface area contributed by atoms with Crippen molar-refractivity contribution in [1.29, 1.82) is 0 Å². The van der Waals surface area contributed by atoms with Gasteiger partial charge in [-0.05, 0) is 38.8 Å². The van der Waals surface area contributed by atoms with E-state index in [1.807, 2.05) is 0 Å². The van der Waals surface area contributed by atoms with Gasteiger partial charge in [-0.2, -0.15) is 0 Å². The van der Waals surface area contributed by atoms with Crippen LogP contribution in [0.15, 0.2) is 0 Å². The van der Waals surface area contributed by atoms with Gasteiger partial charge in [0, 0.05) is 32.8 Å². The van der Waals surface area contributed by atoms with E-state index in [9.17, 15) is 4.79 Å². The maximum Gasteiger partial charge on any atom is 0.225 e. The number of hydrogen-bond donors (Lipinski definition) is 1. The van der Waals surface area contributed by atoms with E-state index in [0.717, 1.165) is 25.9 Å². The highest BCUT2D eigenvalue weighted by atomic mass is 16.5. The first-order valence-corrected chi connectivity index (χ1v) is 7.49. The van der Waals surface area contributed by atoms with E-state index in [1.165, 1.54) is 25.9 Å². The smallest absolute Gasteiger partial charge is 0.225 e. The van der Waals surface area contributed by atoms with Crippen molar-refractivity contribution in [3.63, 3.8) is 0 Å². The lowest BCUT2D eigenvalue weighted by atomic mass is 10.2. The normalized spacial score (nSPS) is 26.0. The molecule has 0 bridgehead atoms. The van der Waals surface area contributed by atoms with Crippen LogP contribution in [-0.2, 0) is 9.53 Å². The Morgan fingerprint density at radius 2 is 2.05 bits per heavy atom. The highest BCUT2D eigenvalue weighted by Crippen LogP contribution is 2.21. The van der Waals surface area contributed by atoms with Gasteiger partial charge in [-0.15, -0.1) is 0 Å². The molecule has 1 amide bonds. The second-order valence-electron chi connectivity index (χ2n) is 5.69. The molecule has 2 rings (SSSR count). The predicted molar refractivity (Wildman–Crippen MR) is 74.9 cm³/mol. The lowest BCUT2D eigenvalue weighted by molar-refractivity contribution is -0.134. The summed E-state index contributed by atoms with van der Waals surface area (Å²) >= 11 is 0. The van der Waals surface area contributed by atoms with Crippen LogP contribution >= 0.6 is 0 Å². The largest absolute Gasteiger partial charge is 0.380 e. The number of amides is 1. The number of ether oxygens (including phenoxy) is 1. The summed E-state index contributed by atoms with van der Waals surface area (Å²) in [7, 11) is 1.62. The number of rotatable bonds is 6. The van der Waals surface area contributed by atoms with E-state index in [4.69, 9.17) is 10.5 Å². The van der Waals surface area contributed by atoms with Crippen molar-refractivity contribution in [3.8, 4) is 0 Å². The number of carbonyl (C=O) groups is 1. The molecule has 2 aliphatic rings. The summed E-state index contributed by atoms with van der Waals surface area (Å²) in [5.74, 6) is 0.207. The van der Waals surface area contributed by atoms with Crippen LogP contribution in [0.5, 0.6) is 0 Å². The topological polar surface area (TPSA) is 58.8 Å². The molecule has 5 heteroatoms. The third kappa shape index (κ3) is 3.91. The molecule has 2 atom stereocenters. The third-order valence-corrected chi connectivity index (χ3v) is 4.36. The van der Waals surface area contributed by atoms with Gasteiger partial charge in [0.25, 0.3) is 0 Å². The Labute approximate surface area is 116 Å². The molecular formula is C14H27N3O2. The Kier molecular flexibility index (Phi) is 5.60. The first-order chi connectivity index (χ1) is 9.24. The molecule has 2 fully saturated rings. The van der Waals surface area contributed by atoms with E-state index in [0.29, 0.717) is 19.0 Å². The Balaban J connectivity index is 1.84. The van der Waals surface area contributed by atoms with Crippen molar-refractivity contribution in [2.75, 3.05) is 39.8 Å². The van der Waals surface area contributed by atoms with Crippen LogP contribution in [0.3, 0.4) is 0 Å². The zero-order valence-corrected chi connectivity index (χ0v) is 12.0. The maximum atomic E-state index is 12.3. The first kappa shape index (κ1) is 14.8. The molecule has 0 spiro atoms. The SMILES string of the molecule is COC(CN)CC(=O)N1CCCC1CN1CCCC1. The Morgan fingerprint density at radius 3 is 2.68 bits per heavy atom. The van der Waals surface area contributed by atoms with Gasteiger partial charge in [0.15, 0.2) is 0 Å². The van der Waals surface area contributed by atoms with Crippen molar-refractivity contribution in [2.45, 2.75) is 44.2 Å². The van der Waals surface area contributed by atoms with E-state index < -0.39 is 0 Å². The summed E-state index contributed by atoms with van der Waals surface area (Å²) in [4.78, 5) is 16.9. The Morgan fingerprint density at radius 1 is 1.32 bits per heavy atom. The second-order valence-corrected chi connectivity index (χ2v) is 5.69. The first-order valence-electron chi connectivity index (χ1n) is 7.49. The fourth-order valence-corrected chi connectivity index (χ4v) is 3.19. The van der Waals surface area contributed by atoms with Gasteiger partial charge in [-0.25, -0.2) is 0 Å². The number of likely N-dealkylation sites (tertiary alicyclic amines) is 2. The molecule has 2 saturated heterocycles. The molecule has 0 aromatic heterocycles. The number of nitrogens with zero attached hydrogens (tertiary/aromatic N) is 2. The number of carbonyl (C=O) groups excluding carboxylic acids is 1. The fraction of sp³-hybridized carbons (Fsp3) is 0.929. The Hall–Kier alpha value is -0.650. The van der Waals surface area contributed by atoms with Gasteiger partial charge >= 0.3 is 0 Å². The van der Waals surface area contributed by atoms with Crippen LogP contribution in [-0.4, -0.2) is 67.7 Å². The molecule has 2 unspecified atom stereocenters. The molecule has 2 heterocycles. The number of methoxy groups -OCH3 is 1. The fourth-order valence-electron chi connectivity index (χ4n) is 3.19. The van der Waals surface area contributed by atoms with Crippen molar-refractivity contribution >= 4 is 5.91 Å². The standard InChI is InChI=1S/C14H27N3O2/c1-19-13(10-15)9-14(18)17-8-4-5-12(17)11-16-6-2-3-7-16/h12-13H,2-11,15H2,1H3. The molecule has 19 heavy (non-hydrogen) atoms. The van der Waals surface area contributed by atoms with Crippen LogP contribution in [0.25, 0.3) is 0 Å². The van der Waals surface area contributed by atoms with Crippen molar-refractivity contribution < 1.29 is 9.53 Å². The average Bonchev–Trinajstić information content (AvgIpc) is 3.07. The predicted octanol–water partition coefficient (Wildman–Crippen LogP) is 0.437. The minimum atomic E-state index is -0.138. The van der Waals surface area contributed by atoms with E-state index in [1.54, 1.807) is 7.11 Å². The molecule has 0 aromatic rings. The molecule has 2 aliphatic heterocycles. The van der Waals surface area contributed by atoms with Crippen LogP contribution in [0.4, 0.5) is 0 Å². The lowest BCUT2D eigenvalue weighted by Crippen LogP contribution is -2.44. The van der Waals surface area contributed by atoms with Gasteiger partial charge in [-0.1, -0.05) is 0 Å². The van der Waals surface area contributed by atoms with Gasteiger partial charge in [0.1, 0.15) is 0 Å². The van der Waals surface area contributed by atoms with E-state index in [-0.39, 0.29) is 12.0 Å². The van der Waals surface area contributed by atoms with Gasteiger partial charge in [-0.3, -0.25) is 4.79 Å². The zero-order chi connectivity index (χ0) is 13.7.